The molecule has 0 unspecified atom stereocenters. The Labute approximate surface area is 123 Å². The Morgan fingerprint density at radius 2 is 2.19 bits per heavy atom. The van der Waals surface area contributed by atoms with Crippen molar-refractivity contribution in [1.29, 1.82) is 0 Å². The fourth-order valence-electron chi connectivity index (χ4n) is 1.65. The van der Waals surface area contributed by atoms with Crippen molar-refractivity contribution in [2.75, 3.05) is 5.73 Å². The molecule has 0 radical (unpaired) electrons. The number of benzene rings is 1. The molecule has 0 saturated heterocycles. The fraction of sp³-hybridized carbons (Fsp3) is 0.154. The Kier molecular flexibility index (Phi) is 4.18. The Bertz CT molecular complexity index is 715. The number of aromatic nitrogens is 1. The molecular weight excluding hydrogens is 297 g/mol. The lowest BCUT2D eigenvalue weighted by Crippen LogP contribution is -2.22. The van der Waals surface area contributed by atoms with Gasteiger partial charge in [-0.05, 0) is 25.1 Å². The molecule has 0 bridgehead atoms. The van der Waals surface area contributed by atoms with E-state index < -0.39 is 17.7 Å². The van der Waals surface area contributed by atoms with Crippen LogP contribution in [0.2, 0.25) is 0 Å². The Morgan fingerprint density at radius 3 is 2.76 bits per heavy atom. The van der Waals surface area contributed by atoms with Gasteiger partial charge in [-0.3, -0.25) is 4.79 Å². The number of nitrogens with one attached hydrogen (secondary N) is 1. The van der Waals surface area contributed by atoms with Crippen LogP contribution in [0.3, 0.4) is 0 Å². The van der Waals surface area contributed by atoms with Crippen molar-refractivity contribution in [3.05, 3.63) is 45.2 Å². The molecule has 1 aromatic heterocycles. The average molecular weight is 309 g/mol. The molecule has 4 N–H and O–H groups in total. The normalized spacial score (nSPS) is 10.4. The highest BCUT2D eigenvalue weighted by Gasteiger charge is 2.15. The number of carboxylic acid groups (broad SMARTS) is 1. The van der Waals surface area contributed by atoms with Crippen molar-refractivity contribution < 1.29 is 19.1 Å². The van der Waals surface area contributed by atoms with Gasteiger partial charge in [-0.2, -0.15) is 0 Å². The maximum Gasteiger partial charge on any atom is 0.347 e. The van der Waals surface area contributed by atoms with Gasteiger partial charge in [-0.1, -0.05) is 0 Å². The van der Waals surface area contributed by atoms with Gasteiger partial charge in [-0.15, -0.1) is 11.3 Å². The van der Waals surface area contributed by atoms with Gasteiger partial charge in [-0.25, -0.2) is 14.2 Å². The predicted molar refractivity (Wildman–Crippen MR) is 75.8 cm³/mol. The summed E-state index contributed by atoms with van der Waals surface area (Å²) < 4.78 is 13.3. The number of anilines is 1. The smallest absolute Gasteiger partial charge is 0.347 e. The Morgan fingerprint density at radius 1 is 1.48 bits per heavy atom. The molecule has 21 heavy (non-hydrogen) atoms. The third kappa shape index (κ3) is 3.34. The van der Waals surface area contributed by atoms with E-state index in [2.05, 4.69) is 10.3 Å². The van der Waals surface area contributed by atoms with Crippen LogP contribution in [0.1, 0.15) is 30.7 Å². The lowest BCUT2D eigenvalue weighted by atomic mass is 10.2. The SMILES string of the molecule is Cc1nc(CNC(=O)c2ccc(N)c(F)c2)sc1C(=O)O. The van der Waals surface area contributed by atoms with E-state index in [0.717, 1.165) is 17.4 Å². The van der Waals surface area contributed by atoms with Crippen molar-refractivity contribution in [2.24, 2.45) is 0 Å². The topological polar surface area (TPSA) is 105 Å². The summed E-state index contributed by atoms with van der Waals surface area (Å²) in [6, 6.07) is 3.75. The maximum absolute atomic E-state index is 13.3. The summed E-state index contributed by atoms with van der Waals surface area (Å²) >= 11 is 0.991. The second kappa shape index (κ2) is 5.88. The molecule has 0 aliphatic carbocycles. The molecule has 1 aromatic carbocycles. The number of aryl methyl sites for hydroxylation is 1. The highest BCUT2D eigenvalue weighted by molar-refractivity contribution is 7.13. The zero-order valence-corrected chi connectivity index (χ0v) is 11.8. The molecule has 0 spiro atoms. The second-order valence-corrected chi connectivity index (χ2v) is 5.33. The molecular formula is C13H12FN3O3S. The van der Waals surface area contributed by atoms with Crippen LogP contribution >= 0.6 is 11.3 Å². The first kappa shape index (κ1) is 14.9. The summed E-state index contributed by atoms with van der Waals surface area (Å²) in [5.41, 5.74) is 5.83. The molecule has 8 heteroatoms. The number of aromatic carboxylic acids is 1. The number of carbonyl (C=O) groups excluding carboxylic acids is 1. The minimum Gasteiger partial charge on any atom is -0.477 e. The van der Waals surface area contributed by atoms with E-state index in [1.165, 1.54) is 12.1 Å². The first-order valence-corrected chi connectivity index (χ1v) is 6.73. The molecule has 2 rings (SSSR count). The summed E-state index contributed by atoms with van der Waals surface area (Å²) in [4.78, 5) is 26.9. The number of carbonyl (C=O) groups is 2. The molecule has 6 nitrogen and oxygen atoms in total. The van der Waals surface area contributed by atoms with E-state index in [1.807, 2.05) is 0 Å². The zero-order valence-electron chi connectivity index (χ0n) is 11.0. The first-order valence-electron chi connectivity index (χ1n) is 5.91. The van der Waals surface area contributed by atoms with Crippen LogP contribution in [0.5, 0.6) is 0 Å². The van der Waals surface area contributed by atoms with Gasteiger partial charge in [0.05, 0.1) is 17.9 Å². The van der Waals surface area contributed by atoms with Gasteiger partial charge in [0, 0.05) is 5.56 Å². The minimum atomic E-state index is -1.05. The molecule has 0 fully saturated rings. The Hall–Kier alpha value is -2.48. The summed E-state index contributed by atoms with van der Waals surface area (Å²) in [7, 11) is 0. The highest BCUT2D eigenvalue weighted by Crippen LogP contribution is 2.18. The molecule has 110 valence electrons. The number of hydrogen-bond donors (Lipinski definition) is 3. The third-order valence-electron chi connectivity index (χ3n) is 2.70. The van der Waals surface area contributed by atoms with Crippen molar-refractivity contribution >= 4 is 28.9 Å². The van der Waals surface area contributed by atoms with E-state index in [4.69, 9.17) is 10.8 Å². The summed E-state index contributed by atoms with van der Waals surface area (Å²) in [6.45, 7) is 1.66. The number of carboxylic acids is 1. The third-order valence-corrected chi connectivity index (χ3v) is 3.84. The summed E-state index contributed by atoms with van der Waals surface area (Å²) in [5.74, 6) is -2.21. The van der Waals surface area contributed by atoms with Gasteiger partial charge in [0.1, 0.15) is 15.7 Å². The number of amides is 1. The number of hydrogen-bond acceptors (Lipinski definition) is 5. The van der Waals surface area contributed by atoms with Crippen LogP contribution in [0.15, 0.2) is 18.2 Å². The zero-order chi connectivity index (χ0) is 15.6. The molecule has 0 aliphatic heterocycles. The predicted octanol–water partition coefficient (Wildman–Crippen LogP) is 1.80. The number of nitrogens with two attached hydrogens (primary N) is 1. The van der Waals surface area contributed by atoms with Crippen LogP contribution in [0.25, 0.3) is 0 Å². The van der Waals surface area contributed by atoms with Gasteiger partial charge < -0.3 is 16.2 Å². The van der Waals surface area contributed by atoms with E-state index in [-0.39, 0.29) is 22.7 Å². The monoisotopic (exact) mass is 309 g/mol. The summed E-state index contributed by atoms with van der Waals surface area (Å²) in [6.07, 6.45) is 0. The molecule has 1 amide bonds. The van der Waals surface area contributed by atoms with Crippen LogP contribution in [-0.4, -0.2) is 22.0 Å². The average Bonchev–Trinajstić information content (AvgIpc) is 2.80. The van der Waals surface area contributed by atoms with E-state index >= 15 is 0 Å². The van der Waals surface area contributed by atoms with Gasteiger partial charge in [0.25, 0.3) is 5.91 Å². The van der Waals surface area contributed by atoms with Gasteiger partial charge in [0.15, 0.2) is 0 Å². The Balaban J connectivity index is 2.05. The van der Waals surface area contributed by atoms with E-state index in [0.29, 0.717) is 10.7 Å². The molecule has 1 heterocycles. The maximum atomic E-state index is 13.3. The van der Waals surface area contributed by atoms with Crippen LogP contribution in [-0.2, 0) is 6.54 Å². The van der Waals surface area contributed by atoms with Crippen molar-refractivity contribution in [3.63, 3.8) is 0 Å². The van der Waals surface area contributed by atoms with Gasteiger partial charge >= 0.3 is 5.97 Å². The highest BCUT2D eigenvalue weighted by atomic mass is 32.1. The quantitative estimate of drug-likeness (QED) is 0.747. The lowest BCUT2D eigenvalue weighted by Gasteiger charge is -2.04. The van der Waals surface area contributed by atoms with Crippen molar-refractivity contribution in [1.82, 2.24) is 10.3 Å². The van der Waals surface area contributed by atoms with Crippen LogP contribution in [0.4, 0.5) is 10.1 Å². The fourth-order valence-corrected chi connectivity index (χ4v) is 2.50. The van der Waals surface area contributed by atoms with Crippen molar-refractivity contribution in [2.45, 2.75) is 13.5 Å². The number of halogens is 1. The lowest BCUT2D eigenvalue weighted by molar-refractivity contribution is 0.0701. The summed E-state index contributed by atoms with van der Waals surface area (Å²) in [5, 5.41) is 11.9. The number of rotatable bonds is 4. The number of nitrogens with zero attached hydrogens (tertiary/aromatic N) is 1. The van der Waals surface area contributed by atoms with Crippen LogP contribution < -0.4 is 11.1 Å². The minimum absolute atomic E-state index is 0.0341. The number of nitrogen functional groups attached to an aromatic ring is 1. The molecule has 0 aliphatic rings. The molecule has 0 atom stereocenters. The number of thiazole rings is 1. The van der Waals surface area contributed by atoms with E-state index in [1.54, 1.807) is 6.92 Å². The standard InChI is InChI=1S/C13H12FN3O3S/c1-6-11(13(19)20)21-10(17-6)5-16-12(18)7-2-3-9(15)8(14)4-7/h2-4H,5,15H2,1H3,(H,16,18)(H,19,20). The first-order chi connectivity index (χ1) is 9.88. The van der Waals surface area contributed by atoms with E-state index in [9.17, 15) is 14.0 Å². The largest absolute Gasteiger partial charge is 0.477 e. The second-order valence-electron chi connectivity index (χ2n) is 4.25. The molecule has 2 aromatic rings. The van der Waals surface area contributed by atoms with Crippen molar-refractivity contribution in [3.8, 4) is 0 Å². The van der Waals surface area contributed by atoms with Gasteiger partial charge in [0.2, 0.25) is 0 Å². The molecule has 0 saturated carbocycles. The van der Waals surface area contributed by atoms with Crippen LogP contribution in [0, 0.1) is 12.7 Å².